The van der Waals surface area contributed by atoms with Gasteiger partial charge in [-0.3, -0.25) is 14.4 Å². The van der Waals surface area contributed by atoms with Gasteiger partial charge in [0.1, 0.15) is 11.6 Å². The van der Waals surface area contributed by atoms with Gasteiger partial charge >= 0.3 is 0 Å². The molecule has 32 heavy (non-hydrogen) atoms. The molecule has 10 heteroatoms. The smallest absolute Gasteiger partial charge is 0.264 e. The molecule has 162 valence electrons. The average molecular weight is 576 g/mol. The first-order chi connectivity index (χ1) is 15.4. The minimum Gasteiger partial charge on any atom is -0.299 e. The highest BCUT2D eigenvalue weighted by Crippen LogP contribution is 2.27. The highest BCUT2D eigenvalue weighted by molar-refractivity contribution is 14.1. The number of rotatable bonds is 7. The van der Waals surface area contributed by atoms with Crippen molar-refractivity contribution in [2.24, 2.45) is 0 Å². The highest BCUT2D eigenvalue weighted by Gasteiger charge is 2.27. The zero-order valence-electron chi connectivity index (χ0n) is 16.6. The molecule has 0 unspecified atom stereocenters. The molecular weight excluding hydrogens is 559 g/mol. The Morgan fingerprint density at radius 2 is 1.53 bits per heavy atom. The molecule has 0 saturated heterocycles. The van der Waals surface area contributed by atoms with Gasteiger partial charge < -0.3 is 0 Å². The van der Waals surface area contributed by atoms with Crippen molar-refractivity contribution < 1.29 is 13.2 Å². The van der Waals surface area contributed by atoms with Crippen molar-refractivity contribution in [3.63, 3.8) is 0 Å². The maximum Gasteiger partial charge on any atom is 0.264 e. The molecule has 0 spiro atoms. The van der Waals surface area contributed by atoms with Crippen molar-refractivity contribution in [3.05, 3.63) is 88.5 Å². The van der Waals surface area contributed by atoms with Crippen LogP contribution in [0.15, 0.2) is 89.8 Å². The zero-order valence-corrected chi connectivity index (χ0v) is 20.3. The van der Waals surface area contributed by atoms with Crippen LogP contribution in [-0.4, -0.2) is 31.1 Å². The van der Waals surface area contributed by atoms with Gasteiger partial charge in [-0.2, -0.15) is 0 Å². The van der Waals surface area contributed by atoms with Gasteiger partial charge in [0.25, 0.3) is 10.0 Å². The van der Waals surface area contributed by atoms with E-state index in [4.69, 9.17) is 0 Å². The number of sulfonamides is 1. The Labute approximate surface area is 203 Å². The summed E-state index contributed by atoms with van der Waals surface area (Å²) in [4.78, 5) is 12.9. The topological polar surface area (TPSA) is 92.3 Å². The Morgan fingerprint density at radius 3 is 2.19 bits per heavy atom. The Kier molecular flexibility index (Phi) is 6.82. The molecule has 0 radical (unpaired) electrons. The molecule has 7 nitrogen and oxygen atoms in total. The number of halogens is 1. The summed E-state index contributed by atoms with van der Waals surface area (Å²) >= 11 is 3.36. The number of hydrogen-bond donors (Lipinski definition) is 1. The summed E-state index contributed by atoms with van der Waals surface area (Å²) in [6.07, 6.45) is 0. The lowest BCUT2D eigenvalue weighted by atomic mass is 10.2. The third kappa shape index (κ3) is 5.14. The fourth-order valence-corrected chi connectivity index (χ4v) is 5.47. The summed E-state index contributed by atoms with van der Waals surface area (Å²) in [7, 11) is -3.95. The third-order valence-corrected chi connectivity index (χ3v) is 7.82. The number of carbonyl (C=O) groups excluding carboxylic acids is 1. The first kappa shape index (κ1) is 22.4. The quantitative estimate of drug-likeness (QED) is 0.324. The number of hydrogen-bond acceptors (Lipinski definition) is 6. The molecule has 0 bridgehead atoms. The predicted molar refractivity (Wildman–Crippen MR) is 134 cm³/mol. The molecule has 0 aliphatic rings. The standard InChI is InChI=1S/C22H17IN4O3S2/c23-17-11-13-18(14-12-17)27(32(29,30)19-9-5-2-6-10-19)15-20(28)24-22-26-25-21(31-22)16-7-3-1-4-8-16/h1-14H,15H2,(H,24,26,28). The summed E-state index contributed by atoms with van der Waals surface area (Å²) in [6.45, 7) is -0.405. The van der Waals surface area contributed by atoms with Crippen molar-refractivity contribution in [3.8, 4) is 10.6 Å². The number of benzene rings is 3. The van der Waals surface area contributed by atoms with Crippen LogP contribution < -0.4 is 9.62 Å². The Bertz CT molecular complexity index is 1310. The van der Waals surface area contributed by atoms with Gasteiger partial charge in [-0.25, -0.2) is 8.42 Å². The van der Waals surface area contributed by atoms with E-state index >= 15 is 0 Å². The van der Waals surface area contributed by atoms with Crippen molar-refractivity contribution >= 4 is 60.7 Å². The van der Waals surface area contributed by atoms with Gasteiger partial charge in [0.05, 0.1) is 10.6 Å². The first-order valence-electron chi connectivity index (χ1n) is 9.45. The van der Waals surface area contributed by atoms with Crippen molar-refractivity contribution in [2.75, 3.05) is 16.2 Å². The van der Waals surface area contributed by atoms with Crippen LogP contribution >= 0.6 is 33.9 Å². The molecule has 1 amide bonds. The summed E-state index contributed by atoms with van der Waals surface area (Å²) in [5.74, 6) is -0.515. The zero-order chi connectivity index (χ0) is 22.6. The second-order valence-electron chi connectivity index (χ2n) is 6.63. The number of amides is 1. The third-order valence-electron chi connectivity index (χ3n) is 4.43. The Balaban J connectivity index is 1.58. The number of nitrogens with zero attached hydrogens (tertiary/aromatic N) is 3. The largest absolute Gasteiger partial charge is 0.299 e. The van der Waals surface area contributed by atoms with E-state index in [2.05, 4.69) is 38.1 Å². The minimum absolute atomic E-state index is 0.105. The second-order valence-corrected chi connectivity index (χ2v) is 10.7. The molecule has 3 aromatic carbocycles. The van der Waals surface area contributed by atoms with Crippen LogP contribution in [-0.2, 0) is 14.8 Å². The number of nitrogens with one attached hydrogen (secondary N) is 1. The van der Waals surface area contributed by atoms with E-state index in [9.17, 15) is 13.2 Å². The van der Waals surface area contributed by atoms with Crippen LogP contribution in [0.5, 0.6) is 0 Å². The van der Waals surface area contributed by atoms with Crippen LogP contribution in [0.1, 0.15) is 0 Å². The number of anilines is 2. The van der Waals surface area contributed by atoms with Crippen LogP contribution in [0.2, 0.25) is 0 Å². The summed E-state index contributed by atoms with van der Waals surface area (Å²) < 4.78 is 28.7. The number of carbonyl (C=O) groups is 1. The Morgan fingerprint density at radius 1 is 0.906 bits per heavy atom. The molecule has 0 aliphatic carbocycles. The fraction of sp³-hybridized carbons (Fsp3) is 0.0455. The van der Waals surface area contributed by atoms with Crippen molar-refractivity contribution in [2.45, 2.75) is 4.90 Å². The van der Waals surface area contributed by atoms with E-state index in [1.165, 1.54) is 23.5 Å². The van der Waals surface area contributed by atoms with Gasteiger partial charge in [-0.05, 0) is 59.0 Å². The van der Waals surface area contributed by atoms with E-state index in [0.717, 1.165) is 13.4 Å². The van der Waals surface area contributed by atoms with E-state index in [0.29, 0.717) is 15.8 Å². The van der Waals surface area contributed by atoms with E-state index in [-0.39, 0.29) is 4.90 Å². The molecule has 4 aromatic rings. The molecule has 0 saturated carbocycles. The average Bonchev–Trinajstić information content (AvgIpc) is 3.28. The lowest BCUT2D eigenvalue weighted by Gasteiger charge is -2.24. The maximum atomic E-state index is 13.3. The van der Waals surface area contributed by atoms with E-state index in [1.54, 1.807) is 42.5 Å². The van der Waals surface area contributed by atoms with Gasteiger partial charge in [0, 0.05) is 9.13 Å². The molecule has 0 aliphatic heterocycles. The first-order valence-corrected chi connectivity index (χ1v) is 12.8. The molecule has 1 aromatic heterocycles. The molecule has 0 fully saturated rings. The van der Waals surface area contributed by atoms with Crippen LogP contribution in [0.3, 0.4) is 0 Å². The molecule has 0 atom stereocenters. The summed E-state index contributed by atoms with van der Waals surface area (Å²) in [5, 5.41) is 11.7. The molecule has 4 rings (SSSR count). The second kappa shape index (κ2) is 9.76. The fourth-order valence-electron chi connectivity index (χ4n) is 2.90. The van der Waals surface area contributed by atoms with Crippen molar-refractivity contribution in [1.82, 2.24) is 10.2 Å². The van der Waals surface area contributed by atoms with E-state index in [1.807, 2.05) is 30.3 Å². The SMILES string of the molecule is O=C(CN(c1ccc(I)cc1)S(=O)(=O)c1ccccc1)Nc1nnc(-c2ccccc2)s1. The summed E-state index contributed by atoms with van der Waals surface area (Å²) in [6, 6.07) is 24.4. The normalized spacial score (nSPS) is 11.2. The highest BCUT2D eigenvalue weighted by atomic mass is 127. The van der Waals surface area contributed by atoms with Gasteiger partial charge in [-0.1, -0.05) is 59.9 Å². The predicted octanol–water partition coefficient (Wildman–Crippen LogP) is 4.64. The van der Waals surface area contributed by atoms with Gasteiger partial charge in [-0.15, -0.1) is 10.2 Å². The van der Waals surface area contributed by atoms with Gasteiger partial charge in [0.2, 0.25) is 11.0 Å². The van der Waals surface area contributed by atoms with E-state index < -0.39 is 22.5 Å². The van der Waals surface area contributed by atoms with Gasteiger partial charge in [0.15, 0.2) is 0 Å². The minimum atomic E-state index is -3.95. The maximum absolute atomic E-state index is 13.3. The van der Waals surface area contributed by atoms with Crippen molar-refractivity contribution in [1.29, 1.82) is 0 Å². The Hall–Kier alpha value is -2.83. The van der Waals surface area contributed by atoms with Crippen LogP contribution in [0.4, 0.5) is 10.8 Å². The molecular formula is C22H17IN4O3S2. The van der Waals surface area contributed by atoms with Crippen LogP contribution in [0.25, 0.3) is 10.6 Å². The molecule has 1 heterocycles. The monoisotopic (exact) mass is 576 g/mol. The lowest BCUT2D eigenvalue weighted by Crippen LogP contribution is -2.38. The lowest BCUT2D eigenvalue weighted by molar-refractivity contribution is -0.114. The summed E-state index contributed by atoms with van der Waals surface area (Å²) in [5.41, 5.74) is 1.28. The molecule has 1 N–H and O–H groups in total. The van der Waals surface area contributed by atoms with Crippen LogP contribution in [0, 0.1) is 3.57 Å². The number of aromatic nitrogens is 2.